The molecular formula is C17H27IN6O2. The number of nitrogens with one attached hydrogen (secondary N) is 2. The van der Waals surface area contributed by atoms with Crippen molar-refractivity contribution in [1.29, 1.82) is 0 Å². The number of aromatic nitrogens is 3. The number of aryl methyl sites for hydroxylation is 1. The topological polar surface area (TPSA) is 85.6 Å². The molecule has 0 fully saturated rings. The van der Waals surface area contributed by atoms with Crippen molar-refractivity contribution in [3.63, 3.8) is 0 Å². The number of hydrogen-bond donors (Lipinski definition) is 2. The fraction of sp³-hybridized carbons (Fsp3) is 0.471. The fourth-order valence-electron chi connectivity index (χ4n) is 2.08. The van der Waals surface area contributed by atoms with Crippen LogP contribution < -0.4 is 15.4 Å². The molecule has 0 aliphatic heterocycles. The molecule has 2 aromatic rings. The van der Waals surface area contributed by atoms with Gasteiger partial charge in [0.05, 0.1) is 25.4 Å². The second-order valence-corrected chi connectivity index (χ2v) is 5.34. The number of ether oxygens (including phenoxy) is 2. The van der Waals surface area contributed by atoms with E-state index in [0.29, 0.717) is 32.2 Å². The molecule has 0 unspecified atom stereocenters. The maximum Gasteiger partial charge on any atom is 0.213 e. The molecule has 2 heterocycles. The Balaban J connectivity index is 0.00000338. The third kappa shape index (κ3) is 7.56. The molecule has 9 heteroatoms. The molecule has 0 aliphatic rings. The number of rotatable bonds is 9. The van der Waals surface area contributed by atoms with Crippen LogP contribution >= 0.6 is 24.0 Å². The monoisotopic (exact) mass is 474 g/mol. The standard InChI is InChI=1S/C17H26N6O2.HI/c1-4-18-17(21-13-15-7-8-22-23(15)2)20-12-14-5-6-16(19-11-14)25-10-9-24-3;/h5-8,11H,4,9-10,12-13H2,1-3H3,(H2,18,20,21);1H. The Labute approximate surface area is 171 Å². The molecule has 0 aromatic carbocycles. The Hall–Kier alpha value is -1.88. The van der Waals surface area contributed by atoms with Crippen LogP contribution in [0.2, 0.25) is 0 Å². The highest BCUT2D eigenvalue weighted by atomic mass is 127. The van der Waals surface area contributed by atoms with Gasteiger partial charge in [-0.3, -0.25) is 4.68 Å². The fourth-order valence-corrected chi connectivity index (χ4v) is 2.08. The van der Waals surface area contributed by atoms with Crippen molar-refractivity contribution in [2.24, 2.45) is 12.0 Å². The third-order valence-electron chi connectivity index (χ3n) is 3.46. The summed E-state index contributed by atoms with van der Waals surface area (Å²) in [6, 6.07) is 5.78. The predicted octanol–water partition coefficient (Wildman–Crippen LogP) is 1.71. The van der Waals surface area contributed by atoms with Gasteiger partial charge < -0.3 is 20.1 Å². The normalized spacial score (nSPS) is 11.0. The first-order valence-electron chi connectivity index (χ1n) is 8.28. The van der Waals surface area contributed by atoms with Gasteiger partial charge in [-0.25, -0.2) is 9.98 Å². The largest absolute Gasteiger partial charge is 0.475 e. The number of methoxy groups -OCH3 is 1. The summed E-state index contributed by atoms with van der Waals surface area (Å²) in [5.74, 6) is 1.34. The summed E-state index contributed by atoms with van der Waals surface area (Å²) < 4.78 is 12.2. The zero-order valence-corrected chi connectivity index (χ0v) is 17.8. The smallest absolute Gasteiger partial charge is 0.213 e. The molecule has 0 atom stereocenters. The summed E-state index contributed by atoms with van der Waals surface area (Å²) >= 11 is 0. The minimum Gasteiger partial charge on any atom is -0.475 e. The average molecular weight is 474 g/mol. The van der Waals surface area contributed by atoms with Crippen LogP contribution in [0.25, 0.3) is 0 Å². The summed E-state index contributed by atoms with van der Waals surface area (Å²) in [6.45, 7) is 5.06. The minimum atomic E-state index is 0. The lowest BCUT2D eigenvalue weighted by Gasteiger charge is -2.11. The van der Waals surface area contributed by atoms with Gasteiger partial charge in [-0.1, -0.05) is 6.07 Å². The van der Waals surface area contributed by atoms with Crippen molar-refractivity contribution in [1.82, 2.24) is 25.4 Å². The maximum atomic E-state index is 5.45. The molecule has 0 aliphatic carbocycles. The molecule has 0 bridgehead atoms. The highest BCUT2D eigenvalue weighted by molar-refractivity contribution is 14.0. The van der Waals surface area contributed by atoms with Crippen LogP contribution in [-0.4, -0.2) is 47.6 Å². The van der Waals surface area contributed by atoms with Gasteiger partial charge in [0, 0.05) is 39.2 Å². The van der Waals surface area contributed by atoms with Crippen molar-refractivity contribution in [2.45, 2.75) is 20.0 Å². The second-order valence-electron chi connectivity index (χ2n) is 5.34. The average Bonchev–Trinajstić information content (AvgIpc) is 3.04. The van der Waals surface area contributed by atoms with E-state index in [0.717, 1.165) is 23.8 Å². The van der Waals surface area contributed by atoms with Crippen molar-refractivity contribution in [3.8, 4) is 5.88 Å². The van der Waals surface area contributed by atoms with E-state index >= 15 is 0 Å². The van der Waals surface area contributed by atoms with Crippen LogP contribution in [0, 0.1) is 0 Å². The van der Waals surface area contributed by atoms with Crippen LogP contribution in [0.1, 0.15) is 18.2 Å². The molecule has 0 saturated heterocycles. The number of nitrogens with zero attached hydrogens (tertiary/aromatic N) is 4. The van der Waals surface area contributed by atoms with Crippen LogP contribution in [0.4, 0.5) is 0 Å². The summed E-state index contributed by atoms with van der Waals surface area (Å²) in [6.07, 6.45) is 3.55. The van der Waals surface area contributed by atoms with Gasteiger partial charge in [0.15, 0.2) is 5.96 Å². The minimum absolute atomic E-state index is 0. The molecular weight excluding hydrogens is 447 g/mol. The number of pyridine rings is 1. The number of hydrogen-bond acceptors (Lipinski definition) is 5. The lowest BCUT2D eigenvalue weighted by atomic mass is 10.3. The molecule has 0 radical (unpaired) electrons. The highest BCUT2D eigenvalue weighted by Crippen LogP contribution is 2.08. The lowest BCUT2D eigenvalue weighted by molar-refractivity contribution is 0.143. The first-order chi connectivity index (χ1) is 12.2. The van der Waals surface area contributed by atoms with Crippen molar-refractivity contribution in [3.05, 3.63) is 41.9 Å². The van der Waals surface area contributed by atoms with E-state index in [2.05, 4.69) is 25.7 Å². The Kier molecular flexibility index (Phi) is 10.6. The van der Waals surface area contributed by atoms with Crippen LogP contribution in [0.15, 0.2) is 35.6 Å². The maximum absolute atomic E-state index is 5.45. The Morgan fingerprint density at radius 1 is 1.23 bits per heavy atom. The number of guanidine groups is 1. The van der Waals surface area contributed by atoms with E-state index in [1.54, 1.807) is 19.5 Å². The molecule has 0 spiro atoms. The molecule has 2 rings (SSSR count). The number of halogens is 1. The van der Waals surface area contributed by atoms with E-state index in [1.165, 1.54) is 0 Å². The highest BCUT2D eigenvalue weighted by Gasteiger charge is 2.02. The molecule has 144 valence electrons. The Bertz CT molecular complexity index is 660. The van der Waals surface area contributed by atoms with E-state index in [4.69, 9.17) is 9.47 Å². The first-order valence-corrected chi connectivity index (χ1v) is 8.28. The molecule has 2 aromatic heterocycles. The summed E-state index contributed by atoms with van der Waals surface area (Å²) in [5, 5.41) is 10.7. The third-order valence-corrected chi connectivity index (χ3v) is 3.46. The van der Waals surface area contributed by atoms with Gasteiger partial charge in [0.2, 0.25) is 5.88 Å². The van der Waals surface area contributed by atoms with E-state index < -0.39 is 0 Å². The molecule has 8 nitrogen and oxygen atoms in total. The Morgan fingerprint density at radius 2 is 2.08 bits per heavy atom. The number of aliphatic imine (C=N–C) groups is 1. The van der Waals surface area contributed by atoms with E-state index in [-0.39, 0.29) is 24.0 Å². The van der Waals surface area contributed by atoms with Gasteiger partial charge in [0.1, 0.15) is 6.61 Å². The van der Waals surface area contributed by atoms with Crippen LogP contribution in [-0.2, 0) is 24.9 Å². The van der Waals surface area contributed by atoms with E-state index in [1.807, 2.05) is 36.9 Å². The first kappa shape index (κ1) is 22.2. The van der Waals surface area contributed by atoms with Crippen LogP contribution in [0.3, 0.4) is 0 Å². The van der Waals surface area contributed by atoms with Gasteiger partial charge in [-0.2, -0.15) is 5.10 Å². The summed E-state index contributed by atoms with van der Waals surface area (Å²) in [5.41, 5.74) is 2.10. The quantitative estimate of drug-likeness (QED) is 0.249. The Morgan fingerprint density at radius 3 is 2.69 bits per heavy atom. The summed E-state index contributed by atoms with van der Waals surface area (Å²) in [4.78, 5) is 8.86. The predicted molar refractivity (Wildman–Crippen MR) is 112 cm³/mol. The lowest BCUT2D eigenvalue weighted by Crippen LogP contribution is -2.37. The zero-order chi connectivity index (χ0) is 17.9. The van der Waals surface area contributed by atoms with E-state index in [9.17, 15) is 0 Å². The second kappa shape index (κ2) is 12.5. The van der Waals surface area contributed by atoms with Gasteiger partial charge in [-0.15, -0.1) is 24.0 Å². The SMILES string of the molecule is CCNC(=NCc1ccc(OCCOC)nc1)NCc1ccnn1C.I. The van der Waals surface area contributed by atoms with Gasteiger partial charge >= 0.3 is 0 Å². The van der Waals surface area contributed by atoms with Crippen molar-refractivity contribution in [2.75, 3.05) is 26.9 Å². The molecule has 2 N–H and O–H groups in total. The van der Waals surface area contributed by atoms with Gasteiger partial charge in [-0.05, 0) is 18.6 Å². The molecule has 26 heavy (non-hydrogen) atoms. The summed E-state index contributed by atoms with van der Waals surface area (Å²) in [7, 11) is 3.56. The van der Waals surface area contributed by atoms with Crippen LogP contribution in [0.5, 0.6) is 5.88 Å². The molecule has 0 saturated carbocycles. The van der Waals surface area contributed by atoms with Crippen molar-refractivity contribution >= 4 is 29.9 Å². The zero-order valence-electron chi connectivity index (χ0n) is 15.4. The van der Waals surface area contributed by atoms with Crippen molar-refractivity contribution < 1.29 is 9.47 Å². The van der Waals surface area contributed by atoms with Gasteiger partial charge in [0.25, 0.3) is 0 Å². The molecule has 0 amide bonds.